The van der Waals surface area contributed by atoms with Crippen LogP contribution in [0.4, 0.5) is 5.69 Å². The Morgan fingerprint density at radius 2 is 1.95 bits per heavy atom. The fourth-order valence-electron chi connectivity index (χ4n) is 1.54. The maximum Gasteiger partial charge on any atom is 0.220 e. The smallest absolute Gasteiger partial charge is 0.220 e. The van der Waals surface area contributed by atoms with Crippen LogP contribution >= 0.6 is 0 Å². The van der Waals surface area contributed by atoms with E-state index >= 15 is 0 Å². The van der Waals surface area contributed by atoms with Crippen molar-refractivity contribution in [3.05, 3.63) is 61.2 Å². The number of anilines is 1. The first-order chi connectivity index (χ1) is 9.94. The van der Waals surface area contributed by atoms with Gasteiger partial charge in [0.2, 0.25) is 5.91 Å². The third kappa shape index (κ3) is 8.31. The first-order valence-corrected chi connectivity index (χ1v) is 6.64. The second kappa shape index (κ2) is 10.3. The van der Waals surface area contributed by atoms with Gasteiger partial charge >= 0.3 is 0 Å². The van der Waals surface area contributed by atoms with E-state index in [4.69, 9.17) is 10.8 Å². The molecule has 0 saturated carbocycles. The summed E-state index contributed by atoms with van der Waals surface area (Å²) >= 11 is 0. The average molecular weight is 288 g/mol. The van der Waals surface area contributed by atoms with E-state index < -0.39 is 0 Å². The number of carbonyl (C=O) groups is 1. The third-order valence-electron chi connectivity index (χ3n) is 2.78. The Morgan fingerprint density at radius 1 is 1.38 bits per heavy atom. The topological polar surface area (TPSA) is 75.4 Å². The summed E-state index contributed by atoms with van der Waals surface area (Å²) < 4.78 is 0. The van der Waals surface area contributed by atoms with Crippen LogP contribution in [0.25, 0.3) is 0 Å². The van der Waals surface area contributed by atoms with Gasteiger partial charge in [0.05, 0.1) is 0 Å². The summed E-state index contributed by atoms with van der Waals surface area (Å²) in [6.07, 6.45) is 5.83. The van der Waals surface area contributed by atoms with Gasteiger partial charge in [0.1, 0.15) is 5.75 Å². The molecule has 4 nitrogen and oxygen atoms in total. The molecule has 1 aromatic rings. The number of nitrogens with one attached hydrogen (secondary N) is 1. The minimum atomic E-state index is 0.0457. The highest BCUT2D eigenvalue weighted by molar-refractivity contribution is 5.76. The molecule has 0 aliphatic rings. The number of phenols is 1. The molecule has 4 N–H and O–H groups in total. The SMILES string of the molecule is C=C/C=C(\C=C)C(C)CC(=O)NC.Nc1ccc(O)cc1. The third-order valence-corrected chi connectivity index (χ3v) is 2.78. The molecule has 0 bridgehead atoms. The minimum absolute atomic E-state index is 0.0457. The molecule has 0 radical (unpaired) electrons. The Labute approximate surface area is 126 Å². The fraction of sp³-hybridized carbons (Fsp3) is 0.235. The Bertz CT molecular complexity index is 469. The van der Waals surface area contributed by atoms with E-state index in [9.17, 15) is 4.79 Å². The molecular formula is C17H24N2O2. The summed E-state index contributed by atoms with van der Waals surface area (Å²) in [5.74, 6) is 0.485. The van der Waals surface area contributed by atoms with E-state index in [1.165, 1.54) is 0 Å². The molecule has 0 saturated heterocycles. The zero-order chi connectivity index (χ0) is 16.3. The molecule has 1 aromatic carbocycles. The molecule has 21 heavy (non-hydrogen) atoms. The van der Waals surface area contributed by atoms with Crippen LogP contribution in [0.15, 0.2) is 61.2 Å². The van der Waals surface area contributed by atoms with E-state index in [0.717, 1.165) is 5.57 Å². The molecule has 0 heterocycles. The Morgan fingerprint density at radius 3 is 2.33 bits per heavy atom. The summed E-state index contributed by atoms with van der Waals surface area (Å²) in [5.41, 5.74) is 7.03. The number of hydrogen-bond donors (Lipinski definition) is 3. The summed E-state index contributed by atoms with van der Waals surface area (Å²) in [4.78, 5) is 11.0. The van der Waals surface area contributed by atoms with Crippen LogP contribution in [-0.4, -0.2) is 18.1 Å². The molecule has 0 spiro atoms. The van der Waals surface area contributed by atoms with Crippen molar-refractivity contribution in [2.75, 3.05) is 12.8 Å². The number of allylic oxidation sites excluding steroid dienone is 4. The Balaban J connectivity index is 0.000000423. The van der Waals surface area contributed by atoms with Crippen molar-refractivity contribution in [1.29, 1.82) is 0 Å². The summed E-state index contributed by atoms with van der Waals surface area (Å²) in [5, 5.41) is 11.3. The number of nitrogen functional groups attached to an aromatic ring is 1. The average Bonchev–Trinajstić information content (AvgIpc) is 2.48. The van der Waals surface area contributed by atoms with E-state index in [-0.39, 0.29) is 17.6 Å². The normalized spacial score (nSPS) is 11.6. The lowest BCUT2D eigenvalue weighted by Crippen LogP contribution is -2.20. The molecular weight excluding hydrogens is 264 g/mol. The van der Waals surface area contributed by atoms with Crippen LogP contribution in [0, 0.1) is 5.92 Å². The number of benzene rings is 1. The molecule has 114 valence electrons. The highest BCUT2D eigenvalue weighted by Gasteiger charge is 2.09. The van der Waals surface area contributed by atoms with Crippen LogP contribution in [0.5, 0.6) is 5.75 Å². The predicted octanol–water partition coefficient (Wildman–Crippen LogP) is 3.03. The number of nitrogens with two attached hydrogens (primary N) is 1. The molecule has 0 aromatic heterocycles. The zero-order valence-corrected chi connectivity index (χ0v) is 12.7. The minimum Gasteiger partial charge on any atom is -0.508 e. The van der Waals surface area contributed by atoms with Crippen molar-refractivity contribution in [3.8, 4) is 5.75 Å². The number of rotatable bonds is 5. The van der Waals surface area contributed by atoms with Gasteiger partial charge in [0, 0.05) is 19.2 Å². The van der Waals surface area contributed by atoms with E-state index in [1.807, 2.05) is 13.0 Å². The van der Waals surface area contributed by atoms with Gasteiger partial charge < -0.3 is 16.2 Å². The lowest BCUT2D eigenvalue weighted by molar-refractivity contribution is -0.121. The van der Waals surface area contributed by atoms with Crippen LogP contribution in [-0.2, 0) is 4.79 Å². The van der Waals surface area contributed by atoms with Crippen molar-refractivity contribution in [2.24, 2.45) is 5.92 Å². The van der Waals surface area contributed by atoms with Gasteiger partial charge in [-0.2, -0.15) is 0 Å². The predicted molar refractivity (Wildman–Crippen MR) is 88.8 cm³/mol. The summed E-state index contributed by atoms with van der Waals surface area (Å²) in [6.45, 7) is 9.28. The molecule has 1 unspecified atom stereocenters. The van der Waals surface area contributed by atoms with Crippen LogP contribution in [0.3, 0.4) is 0 Å². The first kappa shape index (κ1) is 18.5. The van der Waals surface area contributed by atoms with Gasteiger partial charge in [0.25, 0.3) is 0 Å². The second-order valence-electron chi connectivity index (χ2n) is 4.48. The number of phenolic OH excluding ortho intramolecular Hbond substituents is 1. The molecule has 0 fully saturated rings. The van der Waals surface area contributed by atoms with E-state index in [2.05, 4.69) is 18.5 Å². The van der Waals surface area contributed by atoms with Crippen molar-refractivity contribution >= 4 is 11.6 Å². The number of carbonyl (C=O) groups excluding carboxylic acids is 1. The van der Waals surface area contributed by atoms with Gasteiger partial charge in [0.15, 0.2) is 0 Å². The maximum absolute atomic E-state index is 11.0. The van der Waals surface area contributed by atoms with Gasteiger partial charge in [-0.15, -0.1) is 0 Å². The van der Waals surface area contributed by atoms with E-state index in [0.29, 0.717) is 12.1 Å². The van der Waals surface area contributed by atoms with Crippen molar-refractivity contribution < 1.29 is 9.90 Å². The largest absolute Gasteiger partial charge is 0.508 e. The lowest BCUT2D eigenvalue weighted by Gasteiger charge is -2.10. The van der Waals surface area contributed by atoms with Gasteiger partial charge in [-0.3, -0.25) is 4.79 Å². The van der Waals surface area contributed by atoms with Gasteiger partial charge in [-0.05, 0) is 35.8 Å². The van der Waals surface area contributed by atoms with Crippen LogP contribution in [0.1, 0.15) is 13.3 Å². The van der Waals surface area contributed by atoms with Crippen molar-refractivity contribution in [3.63, 3.8) is 0 Å². The summed E-state index contributed by atoms with van der Waals surface area (Å²) in [6, 6.07) is 6.40. The zero-order valence-electron chi connectivity index (χ0n) is 12.7. The maximum atomic E-state index is 11.0. The van der Waals surface area contributed by atoms with Crippen LogP contribution in [0.2, 0.25) is 0 Å². The molecule has 4 heteroatoms. The monoisotopic (exact) mass is 288 g/mol. The van der Waals surface area contributed by atoms with Crippen molar-refractivity contribution in [2.45, 2.75) is 13.3 Å². The lowest BCUT2D eigenvalue weighted by atomic mass is 9.97. The standard InChI is InChI=1S/C11H17NO.C6H7NO/c1-5-7-10(6-2)9(3)8-11(13)12-4;7-5-1-3-6(8)4-2-5/h5-7,9H,1-2,8H2,3-4H3,(H,12,13);1-4,8H,7H2/b10-7+;. The quantitative estimate of drug-likeness (QED) is 0.443. The highest BCUT2D eigenvalue weighted by atomic mass is 16.3. The molecule has 0 aliphatic carbocycles. The summed E-state index contributed by atoms with van der Waals surface area (Å²) in [7, 11) is 1.64. The van der Waals surface area contributed by atoms with E-state index in [1.54, 1.807) is 43.5 Å². The number of hydrogen-bond acceptors (Lipinski definition) is 3. The second-order valence-corrected chi connectivity index (χ2v) is 4.48. The highest BCUT2D eigenvalue weighted by Crippen LogP contribution is 2.15. The Kier molecular flexibility index (Phi) is 9.09. The van der Waals surface area contributed by atoms with Gasteiger partial charge in [-0.25, -0.2) is 0 Å². The molecule has 1 atom stereocenters. The van der Waals surface area contributed by atoms with Crippen molar-refractivity contribution in [1.82, 2.24) is 5.32 Å². The number of aromatic hydroxyl groups is 1. The first-order valence-electron chi connectivity index (χ1n) is 6.64. The number of amides is 1. The van der Waals surface area contributed by atoms with Crippen LogP contribution < -0.4 is 11.1 Å². The molecule has 1 rings (SSSR count). The fourth-order valence-corrected chi connectivity index (χ4v) is 1.54. The molecule has 0 aliphatic heterocycles. The Hall–Kier alpha value is -2.49. The molecule has 1 amide bonds. The van der Waals surface area contributed by atoms with Gasteiger partial charge in [-0.1, -0.05) is 38.3 Å².